The van der Waals surface area contributed by atoms with Crippen LogP contribution in [0.25, 0.3) is 0 Å². The number of aliphatic hydroxyl groups is 2. The monoisotopic (exact) mass is 871 g/mol. The highest BCUT2D eigenvalue weighted by Gasteiger charge is 2.57. The molecule has 4 fully saturated rings. The summed E-state index contributed by atoms with van der Waals surface area (Å²) in [5.74, 6) is 2.33. The molecule has 0 radical (unpaired) electrons. The number of ketones is 1. The number of hydrogen-bond donors (Lipinski definition) is 2. The molecule has 0 aromatic carbocycles. The van der Waals surface area contributed by atoms with E-state index >= 15 is 0 Å². The molecule has 0 amide bonds. The standard InChI is InChI=1S/C48H74N2O12/c1-15-36-48(11)38(28(3)26-57-48)30(5)39(51)27(2)24-47(10,56-22-18-20-34-19-16-17-21-49-34)43(62-45-40(52)35(50(12)13)23-29(4)58-45)31(6)41(32(7)44(54)60-36)61-37-25-46(9,55-14)42(53)33(8)59-37/h16-17,19,21,27,29-33,35-38,40-43,45,52-53H,3,15,22-26H2,1-2,4-14H3/t27?,29-,30?,31+,32-,33+,35+,36-,37+,38+,40-,41+,42?,43-,45+,46-,47-,48-/m1/s1. The maximum absolute atomic E-state index is 14.8. The van der Waals surface area contributed by atoms with Gasteiger partial charge in [-0.1, -0.05) is 46.3 Å². The van der Waals surface area contributed by atoms with Crippen molar-refractivity contribution in [2.45, 2.75) is 173 Å². The Morgan fingerprint density at radius 3 is 2.32 bits per heavy atom. The molecular formula is C48H74N2O12. The molecule has 14 nitrogen and oxygen atoms in total. The van der Waals surface area contributed by atoms with Crippen molar-refractivity contribution in [3.05, 3.63) is 42.2 Å². The molecule has 0 bridgehead atoms. The van der Waals surface area contributed by atoms with Gasteiger partial charge in [0.25, 0.3) is 0 Å². The Bertz CT molecular complexity index is 1750. The molecule has 5 rings (SSSR count). The number of carbonyl (C=O) groups excluding carboxylic acids is 2. The molecule has 348 valence electrons. The van der Waals surface area contributed by atoms with Gasteiger partial charge in [-0.05, 0) is 98.5 Å². The van der Waals surface area contributed by atoms with Crippen molar-refractivity contribution >= 4 is 11.8 Å². The lowest BCUT2D eigenvalue weighted by atomic mass is 9.69. The molecule has 4 aliphatic heterocycles. The Labute approximate surface area is 369 Å². The van der Waals surface area contributed by atoms with Crippen LogP contribution >= 0.6 is 0 Å². The number of likely N-dealkylation sites (N-methyl/N-ethyl adjacent to an activating group) is 1. The number of hydrogen-bond acceptors (Lipinski definition) is 14. The Hall–Kier alpha value is -2.81. The van der Waals surface area contributed by atoms with Gasteiger partial charge in [0, 0.05) is 49.4 Å². The van der Waals surface area contributed by atoms with Gasteiger partial charge in [0.1, 0.15) is 42.0 Å². The zero-order chi connectivity index (χ0) is 45.9. The molecule has 5 heterocycles. The van der Waals surface area contributed by atoms with Gasteiger partial charge in [-0.25, -0.2) is 4.98 Å². The summed E-state index contributed by atoms with van der Waals surface area (Å²) in [5.41, 5.74) is -2.07. The van der Waals surface area contributed by atoms with Gasteiger partial charge < -0.3 is 53.0 Å². The zero-order valence-corrected chi connectivity index (χ0v) is 39.3. The third kappa shape index (κ3) is 10.7. The highest BCUT2D eigenvalue weighted by Crippen LogP contribution is 2.47. The van der Waals surface area contributed by atoms with Crippen molar-refractivity contribution in [3.63, 3.8) is 0 Å². The number of nitrogens with zero attached hydrogens (tertiary/aromatic N) is 2. The highest BCUT2D eigenvalue weighted by atomic mass is 16.7. The van der Waals surface area contributed by atoms with Crippen molar-refractivity contribution in [2.24, 2.45) is 29.6 Å². The molecule has 1 aromatic rings. The Balaban J connectivity index is 1.68. The minimum Gasteiger partial charge on any atom is -0.459 e. The van der Waals surface area contributed by atoms with E-state index in [0.29, 0.717) is 18.5 Å². The largest absolute Gasteiger partial charge is 0.459 e. The predicted octanol–water partition coefficient (Wildman–Crippen LogP) is 5.11. The number of methoxy groups -OCH3 is 1. The lowest BCUT2D eigenvalue weighted by molar-refractivity contribution is -0.320. The fourth-order valence-corrected chi connectivity index (χ4v) is 10.6. The Morgan fingerprint density at radius 1 is 0.984 bits per heavy atom. The fraction of sp³-hybridized carbons (Fsp3) is 0.771. The second-order valence-corrected chi connectivity index (χ2v) is 19.2. The van der Waals surface area contributed by atoms with E-state index in [0.717, 1.165) is 5.57 Å². The van der Waals surface area contributed by atoms with E-state index in [1.165, 1.54) is 7.11 Å². The van der Waals surface area contributed by atoms with Crippen LogP contribution in [0.5, 0.6) is 0 Å². The van der Waals surface area contributed by atoms with E-state index in [2.05, 4.69) is 23.4 Å². The summed E-state index contributed by atoms with van der Waals surface area (Å²) in [6, 6.07) is 5.17. The van der Waals surface area contributed by atoms with Gasteiger partial charge in [-0.2, -0.15) is 0 Å². The van der Waals surface area contributed by atoms with E-state index in [4.69, 9.17) is 37.9 Å². The van der Waals surface area contributed by atoms with Gasteiger partial charge in [0.2, 0.25) is 0 Å². The molecule has 0 aliphatic carbocycles. The van der Waals surface area contributed by atoms with E-state index in [-0.39, 0.29) is 44.0 Å². The smallest absolute Gasteiger partial charge is 0.311 e. The van der Waals surface area contributed by atoms with Crippen LogP contribution in [0, 0.1) is 41.4 Å². The molecular weight excluding hydrogens is 797 g/mol. The third-order valence-corrected chi connectivity index (χ3v) is 14.2. The summed E-state index contributed by atoms with van der Waals surface area (Å²) in [5, 5.41) is 23.0. The molecule has 3 unspecified atom stereocenters. The summed E-state index contributed by atoms with van der Waals surface area (Å²) in [6.07, 6.45) is -4.79. The number of ether oxygens (including phenoxy) is 8. The number of cyclic esters (lactones) is 1. The van der Waals surface area contributed by atoms with E-state index in [9.17, 15) is 19.8 Å². The van der Waals surface area contributed by atoms with Crippen LogP contribution in [-0.2, 0) is 47.5 Å². The number of Topliss-reactive ketones (excluding diaryl/α,β-unsaturated/α-hetero) is 1. The number of aromatic nitrogens is 1. The zero-order valence-electron chi connectivity index (χ0n) is 39.3. The van der Waals surface area contributed by atoms with Crippen molar-refractivity contribution in [3.8, 4) is 11.8 Å². The lowest BCUT2D eigenvalue weighted by Gasteiger charge is -2.50. The van der Waals surface area contributed by atoms with Gasteiger partial charge >= 0.3 is 5.97 Å². The summed E-state index contributed by atoms with van der Waals surface area (Å²) >= 11 is 0. The number of pyridine rings is 1. The van der Waals surface area contributed by atoms with Crippen LogP contribution in [0.4, 0.5) is 0 Å². The maximum Gasteiger partial charge on any atom is 0.311 e. The lowest BCUT2D eigenvalue weighted by Crippen LogP contribution is -2.61. The van der Waals surface area contributed by atoms with E-state index in [1.54, 1.807) is 33.0 Å². The fourth-order valence-electron chi connectivity index (χ4n) is 10.6. The minimum absolute atomic E-state index is 0.0367. The molecule has 62 heavy (non-hydrogen) atoms. The van der Waals surface area contributed by atoms with Gasteiger partial charge in [-0.3, -0.25) is 9.59 Å². The second-order valence-electron chi connectivity index (χ2n) is 19.2. The van der Waals surface area contributed by atoms with Crippen molar-refractivity contribution in [1.82, 2.24) is 9.88 Å². The van der Waals surface area contributed by atoms with Gasteiger partial charge in [-0.15, -0.1) is 0 Å². The molecule has 1 aromatic heterocycles. The van der Waals surface area contributed by atoms with Crippen LogP contribution < -0.4 is 0 Å². The predicted molar refractivity (Wildman–Crippen MR) is 231 cm³/mol. The first kappa shape index (κ1) is 50.2. The van der Waals surface area contributed by atoms with Gasteiger partial charge in [0.05, 0.1) is 48.1 Å². The number of rotatable bonds is 9. The summed E-state index contributed by atoms with van der Waals surface area (Å²) in [6.45, 7) is 23.1. The number of esters is 1. The number of aliphatic hydroxyl groups excluding tert-OH is 2. The molecule has 0 spiro atoms. The van der Waals surface area contributed by atoms with Crippen LogP contribution in [0.1, 0.15) is 101 Å². The first-order chi connectivity index (χ1) is 29.1. The molecule has 0 saturated carbocycles. The maximum atomic E-state index is 14.8. The van der Waals surface area contributed by atoms with Crippen LogP contribution in [-0.4, -0.2) is 144 Å². The average Bonchev–Trinajstić information content (AvgIpc) is 3.54. The van der Waals surface area contributed by atoms with Gasteiger partial charge in [0.15, 0.2) is 12.6 Å². The molecule has 18 atom stereocenters. The van der Waals surface area contributed by atoms with Crippen LogP contribution in [0.3, 0.4) is 0 Å². The summed E-state index contributed by atoms with van der Waals surface area (Å²) in [4.78, 5) is 35.9. The summed E-state index contributed by atoms with van der Waals surface area (Å²) < 4.78 is 52.4. The van der Waals surface area contributed by atoms with Crippen LogP contribution in [0.15, 0.2) is 36.5 Å². The topological polar surface area (TPSA) is 165 Å². The Kier molecular flexibility index (Phi) is 16.7. The highest BCUT2D eigenvalue weighted by molar-refractivity contribution is 5.84. The van der Waals surface area contributed by atoms with E-state index < -0.39 is 102 Å². The Morgan fingerprint density at radius 2 is 1.69 bits per heavy atom. The van der Waals surface area contributed by atoms with E-state index in [1.807, 2.05) is 79.6 Å². The first-order valence-corrected chi connectivity index (χ1v) is 22.4. The second kappa shape index (κ2) is 20.6. The molecule has 4 aliphatic rings. The quantitative estimate of drug-likeness (QED) is 0.191. The SMILES string of the molecule is C=C1CO[C@]2(C)[C@@H](CC)OC(=O)[C@H](C)[C@@H](O[C@H]3C[C@@](C)(OC)C(O)[C@H](C)O3)[C@H](C)[C@@H](O[C@@H]3O[C@H](C)C[C@H](N(C)C)[C@H]3O)[C@](C)(OCC#Cc3ccccn3)CC(C)C(=O)C(C)[C@H]12. The molecule has 4 saturated heterocycles. The summed E-state index contributed by atoms with van der Waals surface area (Å²) in [7, 11) is 5.34. The molecule has 14 heteroatoms. The number of carbonyl (C=O) groups is 2. The van der Waals surface area contributed by atoms with Crippen molar-refractivity contribution in [1.29, 1.82) is 0 Å². The van der Waals surface area contributed by atoms with Crippen molar-refractivity contribution < 1.29 is 57.7 Å². The normalized spacial score (nSPS) is 43.6. The van der Waals surface area contributed by atoms with Crippen molar-refractivity contribution in [2.75, 3.05) is 34.4 Å². The molecule has 2 N–H and O–H groups in total. The minimum atomic E-state index is -1.32. The number of fused-ring (bicyclic) bond motifs is 1. The third-order valence-electron chi connectivity index (χ3n) is 14.2. The average molecular weight is 871 g/mol. The van der Waals surface area contributed by atoms with Crippen LogP contribution in [0.2, 0.25) is 0 Å². The first-order valence-electron chi connectivity index (χ1n) is 22.4.